The number of hydrogen-bond acceptors (Lipinski definition) is 4. The van der Waals surface area contributed by atoms with Crippen molar-refractivity contribution in [2.45, 2.75) is 46.5 Å². The molecule has 0 radical (unpaired) electrons. The third kappa shape index (κ3) is 8.07. The average molecular weight is 459 g/mol. The molecule has 3 aromatic carbocycles. The van der Waals surface area contributed by atoms with Crippen molar-refractivity contribution < 1.29 is 14.3 Å². The molecule has 1 N–H and O–H groups in total. The number of para-hydroxylation sites is 1. The van der Waals surface area contributed by atoms with Crippen LogP contribution in [0.5, 0.6) is 17.2 Å². The minimum absolute atomic E-state index is 0.0618. The summed E-state index contributed by atoms with van der Waals surface area (Å²) < 4.78 is 11.4. The molecule has 0 saturated carbocycles. The maximum Gasteiger partial charge on any atom is 0.277 e. The van der Waals surface area contributed by atoms with E-state index in [1.807, 2.05) is 66.7 Å². The van der Waals surface area contributed by atoms with Gasteiger partial charge in [-0.2, -0.15) is 5.10 Å². The lowest BCUT2D eigenvalue weighted by atomic mass is 9.72. The third-order valence-electron chi connectivity index (χ3n) is 5.22. The molecule has 5 nitrogen and oxygen atoms in total. The zero-order valence-electron chi connectivity index (χ0n) is 20.7. The van der Waals surface area contributed by atoms with Crippen LogP contribution in [0.15, 0.2) is 84.0 Å². The minimum atomic E-state index is -0.329. The van der Waals surface area contributed by atoms with Crippen molar-refractivity contribution in [3.63, 3.8) is 0 Å². The van der Waals surface area contributed by atoms with Gasteiger partial charge in [-0.05, 0) is 64.8 Å². The van der Waals surface area contributed by atoms with Crippen LogP contribution in [-0.4, -0.2) is 18.7 Å². The van der Waals surface area contributed by atoms with E-state index in [1.54, 1.807) is 6.21 Å². The molecule has 0 aliphatic carbocycles. The second-order valence-electron chi connectivity index (χ2n) is 10.2. The lowest BCUT2D eigenvalue weighted by Gasteiger charge is -2.33. The molecule has 0 aliphatic rings. The molecule has 0 heterocycles. The molecule has 178 valence electrons. The van der Waals surface area contributed by atoms with E-state index in [-0.39, 0.29) is 23.3 Å². The number of nitrogens with one attached hydrogen (secondary N) is 1. The van der Waals surface area contributed by atoms with Gasteiger partial charge >= 0.3 is 0 Å². The molecule has 0 atom stereocenters. The molecule has 34 heavy (non-hydrogen) atoms. The number of carbonyl (C=O) groups is 1. The predicted octanol–water partition coefficient (Wildman–Crippen LogP) is 6.72. The molecule has 0 unspecified atom stereocenters. The van der Waals surface area contributed by atoms with Crippen LogP contribution in [0.1, 0.15) is 52.2 Å². The van der Waals surface area contributed by atoms with Gasteiger partial charge in [-0.1, -0.05) is 77.1 Å². The number of amides is 1. The van der Waals surface area contributed by atoms with Crippen molar-refractivity contribution in [1.29, 1.82) is 0 Å². The largest absolute Gasteiger partial charge is 0.484 e. The van der Waals surface area contributed by atoms with Gasteiger partial charge in [-0.25, -0.2) is 5.43 Å². The van der Waals surface area contributed by atoms with Gasteiger partial charge in [0.05, 0.1) is 6.21 Å². The van der Waals surface area contributed by atoms with Crippen molar-refractivity contribution in [2.75, 3.05) is 6.61 Å². The molecule has 0 bridgehead atoms. The van der Waals surface area contributed by atoms with E-state index >= 15 is 0 Å². The first kappa shape index (κ1) is 25.0. The van der Waals surface area contributed by atoms with Crippen molar-refractivity contribution in [3.8, 4) is 17.2 Å². The van der Waals surface area contributed by atoms with E-state index in [9.17, 15) is 4.79 Å². The standard InChI is InChI=1S/C29H34N2O3/c1-28(2,3)21-29(4,5)23-14-16-24(17-15-23)33-20-27(32)31-30-19-22-10-9-13-26(18-22)34-25-11-7-6-8-12-25/h6-19H,20-21H2,1-5H3,(H,31,32)/b30-19-. The maximum atomic E-state index is 12.1. The highest BCUT2D eigenvalue weighted by Gasteiger charge is 2.27. The van der Waals surface area contributed by atoms with E-state index in [2.05, 4.69) is 57.3 Å². The Hall–Kier alpha value is -3.60. The van der Waals surface area contributed by atoms with Crippen molar-refractivity contribution in [3.05, 3.63) is 90.0 Å². The van der Waals surface area contributed by atoms with E-state index in [1.165, 1.54) is 5.56 Å². The van der Waals surface area contributed by atoms with E-state index < -0.39 is 0 Å². The molecular formula is C29H34N2O3. The topological polar surface area (TPSA) is 59.9 Å². The molecule has 3 rings (SSSR count). The number of rotatable bonds is 9. The summed E-state index contributed by atoms with van der Waals surface area (Å²) in [5.74, 6) is 1.78. The van der Waals surface area contributed by atoms with Gasteiger partial charge in [0.2, 0.25) is 0 Å². The van der Waals surface area contributed by atoms with Crippen LogP contribution in [0, 0.1) is 5.41 Å². The number of carbonyl (C=O) groups excluding carboxylic acids is 1. The highest BCUT2D eigenvalue weighted by atomic mass is 16.5. The Morgan fingerprint density at radius 3 is 2.21 bits per heavy atom. The first-order valence-corrected chi connectivity index (χ1v) is 11.5. The molecule has 5 heteroatoms. The summed E-state index contributed by atoms with van der Waals surface area (Å²) in [7, 11) is 0. The smallest absolute Gasteiger partial charge is 0.277 e. The number of ether oxygens (including phenoxy) is 2. The first-order chi connectivity index (χ1) is 16.1. The molecule has 0 saturated heterocycles. The fourth-order valence-electron chi connectivity index (χ4n) is 4.07. The van der Waals surface area contributed by atoms with Gasteiger partial charge in [-0.3, -0.25) is 4.79 Å². The SMILES string of the molecule is CC(C)(C)CC(C)(C)c1ccc(OCC(=O)N/N=C\c2cccc(Oc3ccccc3)c2)cc1. The number of benzene rings is 3. The van der Waals surface area contributed by atoms with E-state index in [4.69, 9.17) is 9.47 Å². The Labute approximate surface area is 202 Å². The van der Waals surface area contributed by atoms with Crippen molar-refractivity contribution in [2.24, 2.45) is 10.5 Å². The van der Waals surface area contributed by atoms with Gasteiger partial charge in [0, 0.05) is 0 Å². The predicted molar refractivity (Wildman–Crippen MR) is 138 cm³/mol. The molecule has 3 aromatic rings. The fourth-order valence-corrected chi connectivity index (χ4v) is 4.07. The second-order valence-corrected chi connectivity index (χ2v) is 10.2. The van der Waals surface area contributed by atoms with Gasteiger partial charge in [0.25, 0.3) is 5.91 Å². The summed E-state index contributed by atoms with van der Waals surface area (Å²) in [6.07, 6.45) is 2.64. The highest BCUT2D eigenvalue weighted by Crippen LogP contribution is 2.36. The zero-order valence-corrected chi connectivity index (χ0v) is 20.7. The van der Waals surface area contributed by atoms with Crippen molar-refractivity contribution >= 4 is 12.1 Å². The monoisotopic (exact) mass is 458 g/mol. The number of hydrazone groups is 1. The van der Waals surface area contributed by atoms with Crippen LogP contribution < -0.4 is 14.9 Å². The van der Waals surface area contributed by atoms with Crippen LogP contribution in [0.3, 0.4) is 0 Å². The van der Waals surface area contributed by atoms with Crippen molar-refractivity contribution in [1.82, 2.24) is 5.43 Å². The van der Waals surface area contributed by atoms with E-state index in [0.29, 0.717) is 11.5 Å². The Balaban J connectivity index is 1.48. The molecule has 0 aromatic heterocycles. The summed E-state index contributed by atoms with van der Waals surface area (Å²) >= 11 is 0. The molecule has 0 aliphatic heterocycles. The zero-order chi connectivity index (χ0) is 24.6. The average Bonchev–Trinajstić information content (AvgIpc) is 2.77. The molecule has 0 fully saturated rings. The summed E-state index contributed by atoms with van der Waals surface area (Å²) in [5, 5.41) is 4.02. The quantitative estimate of drug-likeness (QED) is 0.286. The first-order valence-electron chi connectivity index (χ1n) is 11.5. The molecule has 1 amide bonds. The highest BCUT2D eigenvalue weighted by molar-refractivity contribution is 5.83. The minimum Gasteiger partial charge on any atom is -0.484 e. The van der Waals surface area contributed by atoms with Crippen LogP contribution in [-0.2, 0) is 10.2 Å². The third-order valence-corrected chi connectivity index (χ3v) is 5.22. The second kappa shape index (κ2) is 11.0. The number of nitrogens with zero attached hydrogens (tertiary/aromatic N) is 1. The Bertz CT molecular complexity index is 1100. The van der Waals surface area contributed by atoms with Crippen LogP contribution in [0.2, 0.25) is 0 Å². The summed E-state index contributed by atoms with van der Waals surface area (Å²) in [4.78, 5) is 12.1. The lowest BCUT2D eigenvalue weighted by molar-refractivity contribution is -0.123. The molecular weight excluding hydrogens is 424 g/mol. The van der Waals surface area contributed by atoms with Gasteiger partial charge in [0.1, 0.15) is 17.2 Å². The Morgan fingerprint density at radius 1 is 0.853 bits per heavy atom. The van der Waals surface area contributed by atoms with Gasteiger partial charge in [0.15, 0.2) is 6.61 Å². The van der Waals surface area contributed by atoms with E-state index in [0.717, 1.165) is 17.7 Å². The molecule has 0 spiro atoms. The van der Waals surface area contributed by atoms with Crippen LogP contribution in [0.4, 0.5) is 0 Å². The Kier molecular flexibility index (Phi) is 8.11. The Morgan fingerprint density at radius 2 is 1.53 bits per heavy atom. The van der Waals surface area contributed by atoms with Crippen LogP contribution >= 0.6 is 0 Å². The van der Waals surface area contributed by atoms with Crippen LogP contribution in [0.25, 0.3) is 0 Å². The fraction of sp³-hybridized carbons (Fsp3) is 0.310. The summed E-state index contributed by atoms with van der Waals surface area (Å²) in [5.41, 5.74) is 4.86. The van der Waals surface area contributed by atoms with Gasteiger partial charge < -0.3 is 9.47 Å². The van der Waals surface area contributed by atoms with Gasteiger partial charge in [-0.15, -0.1) is 0 Å². The lowest BCUT2D eigenvalue weighted by Crippen LogP contribution is -2.25. The maximum absolute atomic E-state index is 12.1. The summed E-state index contributed by atoms with van der Waals surface area (Å²) in [6.45, 7) is 11.2. The summed E-state index contributed by atoms with van der Waals surface area (Å²) in [6, 6.07) is 25.0. The normalized spacial score (nSPS) is 11.9. The number of hydrogen-bond donors (Lipinski definition) is 1.